The summed E-state index contributed by atoms with van der Waals surface area (Å²) >= 11 is 0. The Morgan fingerprint density at radius 2 is 1.73 bits per heavy atom. The highest BCUT2D eigenvalue weighted by Gasteiger charge is 1.95. The van der Waals surface area contributed by atoms with Gasteiger partial charge in [-0.15, -0.1) is 6.58 Å². The van der Waals surface area contributed by atoms with Crippen molar-refractivity contribution in [3.8, 4) is 0 Å². The summed E-state index contributed by atoms with van der Waals surface area (Å²) in [4.78, 5) is 0. The fourth-order valence-corrected chi connectivity index (χ4v) is 0.447. The maximum absolute atomic E-state index is 9.72. The minimum absolute atomic E-state index is 0.368. The molecule has 0 aromatic rings. The van der Waals surface area contributed by atoms with Crippen molar-refractivity contribution in [3.05, 3.63) is 24.8 Å². The normalized spacial score (nSPS) is 10.5. The van der Waals surface area contributed by atoms with E-state index in [-0.39, 0.29) is 5.75 Å². The van der Waals surface area contributed by atoms with E-state index in [1.165, 1.54) is 0 Å². The topological polar surface area (TPSA) is 54.4 Å². The largest absolute Gasteiger partial charge is 0.285 e. The number of hydrogen-bond acceptors (Lipinski definition) is 2. The van der Waals surface area contributed by atoms with Crippen molar-refractivity contribution in [2.24, 2.45) is 0 Å². The number of rotatable bonds is 2. The van der Waals surface area contributed by atoms with Crippen molar-refractivity contribution >= 4 is 10.1 Å². The predicted molar refractivity (Wildman–Crippen MR) is 47.1 cm³/mol. The van der Waals surface area contributed by atoms with E-state index in [4.69, 9.17) is 4.55 Å². The molecule has 0 heterocycles. The second-order valence-corrected chi connectivity index (χ2v) is 3.20. The van der Waals surface area contributed by atoms with E-state index >= 15 is 0 Å². The van der Waals surface area contributed by atoms with Gasteiger partial charge in [-0.1, -0.05) is 18.2 Å². The average molecular weight is 178 g/mol. The summed E-state index contributed by atoms with van der Waals surface area (Å²) in [5.41, 5.74) is 0. The Morgan fingerprint density at radius 1 is 1.36 bits per heavy atom. The monoisotopic (exact) mass is 178 g/mol. The molecule has 0 rings (SSSR count). The molecule has 0 aromatic heterocycles. The van der Waals surface area contributed by atoms with Crippen molar-refractivity contribution in [2.75, 3.05) is 5.75 Å². The van der Waals surface area contributed by atoms with Crippen LogP contribution in [-0.2, 0) is 10.1 Å². The highest BCUT2D eigenvalue weighted by molar-refractivity contribution is 7.85. The van der Waals surface area contributed by atoms with E-state index in [0.29, 0.717) is 0 Å². The third-order valence-corrected chi connectivity index (χ3v) is 1.32. The standard InChI is InChI=1S/C4H8.C3H6O3S/c1-3-4-2;1-2-3-7(4,5)6/h3-4H,1-2H3;2H,1,3H2,(H,4,5,6). The molecule has 0 atom stereocenters. The SMILES string of the molecule is C=CCS(=O)(=O)O.CC=CC. The first-order valence-electron chi connectivity index (χ1n) is 3.11. The quantitative estimate of drug-likeness (QED) is 0.516. The molecule has 1 N–H and O–H groups in total. The predicted octanol–water partition coefficient (Wildman–Crippen LogP) is 1.64. The molecule has 0 aliphatic heterocycles. The fourth-order valence-electron chi connectivity index (χ4n) is 0.149. The molecule has 0 amide bonds. The highest BCUT2D eigenvalue weighted by Crippen LogP contribution is 1.78. The molecular weight excluding hydrogens is 164 g/mol. The van der Waals surface area contributed by atoms with Crippen molar-refractivity contribution in [2.45, 2.75) is 13.8 Å². The Hall–Kier alpha value is -0.610. The van der Waals surface area contributed by atoms with Crippen molar-refractivity contribution in [1.29, 1.82) is 0 Å². The lowest BCUT2D eigenvalue weighted by Crippen LogP contribution is -1.99. The van der Waals surface area contributed by atoms with Gasteiger partial charge in [0.05, 0.1) is 5.75 Å². The van der Waals surface area contributed by atoms with Gasteiger partial charge in [-0.25, -0.2) is 0 Å². The Labute approximate surface area is 68.2 Å². The third-order valence-electron chi connectivity index (χ3n) is 0.662. The first-order chi connectivity index (χ1) is 4.97. The van der Waals surface area contributed by atoms with Crippen LogP contribution >= 0.6 is 0 Å². The molecule has 0 aromatic carbocycles. The summed E-state index contributed by atoms with van der Waals surface area (Å²) < 4.78 is 27.3. The molecule has 0 unspecified atom stereocenters. The maximum Gasteiger partial charge on any atom is 0.268 e. The average Bonchev–Trinajstić information content (AvgIpc) is 1.86. The lowest BCUT2D eigenvalue weighted by molar-refractivity contribution is 0.487. The van der Waals surface area contributed by atoms with Crippen molar-refractivity contribution in [1.82, 2.24) is 0 Å². The summed E-state index contributed by atoms with van der Waals surface area (Å²) in [6.07, 6.45) is 5.12. The van der Waals surface area contributed by atoms with Crippen LogP contribution in [0, 0.1) is 0 Å². The summed E-state index contributed by atoms with van der Waals surface area (Å²) in [5.74, 6) is -0.368. The van der Waals surface area contributed by atoms with E-state index in [1.807, 2.05) is 26.0 Å². The van der Waals surface area contributed by atoms with Gasteiger partial charge >= 0.3 is 0 Å². The molecule has 3 nitrogen and oxygen atoms in total. The molecule has 66 valence electrons. The molecule has 0 aliphatic rings. The van der Waals surface area contributed by atoms with Crippen LogP contribution in [0.4, 0.5) is 0 Å². The molecule has 0 saturated carbocycles. The zero-order chi connectivity index (χ0) is 9.33. The molecule has 4 heteroatoms. The zero-order valence-electron chi connectivity index (χ0n) is 6.82. The molecule has 0 radical (unpaired) electrons. The lowest BCUT2D eigenvalue weighted by atomic mass is 10.6. The molecule has 11 heavy (non-hydrogen) atoms. The molecule has 0 spiro atoms. The van der Waals surface area contributed by atoms with Gasteiger partial charge < -0.3 is 0 Å². The van der Waals surface area contributed by atoms with Crippen LogP contribution in [0.5, 0.6) is 0 Å². The van der Waals surface area contributed by atoms with Gasteiger partial charge in [-0.05, 0) is 13.8 Å². The van der Waals surface area contributed by atoms with Crippen molar-refractivity contribution < 1.29 is 13.0 Å². The lowest BCUT2D eigenvalue weighted by Gasteiger charge is -1.82. The molecule has 0 aliphatic carbocycles. The Morgan fingerprint density at radius 3 is 1.73 bits per heavy atom. The Kier molecular flexibility index (Phi) is 8.87. The van der Waals surface area contributed by atoms with Crippen LogP contribution in [-0.4, -0.2) is 18.7 Å². The maximum atomic E-state index is 9.72. The van der Waals surface area contributed by atoms with Crippen LogP contribution < -0.4 is 0 Å². The Bertz CT molecular complexity index is 198. The Balaban J connectivity index is 0. The molecular formula is C7H14O3S. The number of allylic oxidation sites excluding steroid dienone is 2. The van der Waals surface area contributed by atoms with E-state index in [0.717, 1.165) is 6.08 Å². The second kappa shape index (κ2) is 7.50. The minimum atomic E-state index is -3.79. The van der Waals surface area contributed by atoms with Gasteiger partial charge in [-0.2, -0.15) is 8.42 Å². The van der Waals surface area contributed by atoms with Crippen LogP contribution in [0.15, 0.2) is 24.8 Å². The van der Waals surface area contributed by atoms with E-state index in [9.17, 15) is 8.42 Å². The van der Waals surface area contributed by atoms with E-state index in [2.05, 4.69) is 6.58 Å². The summed E-state index contributed by atoms with van der Waals surface area (Å²) in [6, 6.07) is 0. The van der Waals surface area contributed by atoms with Gasteiger partial charge in [0.25, 0.3) is 10.1 Å². The van der Waals surface area contributed by atoms with Crippen LogP contribution in [0.2, 0.25) is 0 Å². The van der Waals surface area contributed by atoms with E-state index in [1.54, 1.807) is 0 Å². The van der Waals surface area contributed by atoms with Gasteiger partial charge in [0.15, 0.2) is 0 Å². The summed E-state index contributed by atoms with van der Waals surface area (Å²) in [7, 11) is -3.79. The first-order valence-corrected chi connectivity index (χ1v) is 4.72. The molecule has 0 fully saturated rings. The third kappa shape index (κ3) is 26.6. The van der Waals surface area contributed by atoms with Gasteiger partial charge in [0.2, 0.25) is 0 Å². The number of hydrogen-bond donors (Lipinski definition) is 1. The van der Waals surface area contributed by atoms with Gasteiger partial charge in [-0.3, -0.25) is 4.55 Å². The highest BCUT2D eigenvalue weighted by atomic mass is 32.2. The molecule has 0 bridgehead atoms. The fraction of sp³-hybridized carbons (Fsp3) is 0.429. The summed E-state index contributed by atoms with van der Waals surface area (Å²) in [6.45, 7) is 7.11. The van der Waals surface area contributed by atoms with Crippen LogP contribution in [0.25, 0.3) is 0 Å². The zero-order valence-corrected chi connectivity index (χ0v) is 7.63. The van der Waals surface area contributed by atoms with Crippen molar-refractivity contribution in [3.63, 3.8) is 0 Å². The minimum Gasteiger partial charge on any atom is -0.285 e. The van der Waals surface area contributed by atoms with Gasteiger partial charge in [0, 0.05) is 0 Å². The summed E-state index contributed by atoms with van der Waals surface area (Å²) in [5, 5.41) is 0. The first kappa shape index (κ1) is 13.0. The van der Waals surface area contributed by atoms with E-state index < -0.39 is 10.1 Å². The smallest absolute Gasteiger partial charge is 0.268 e. The molecule has 0 saturated heterocycles. The second-order valence-electron chi connectivity index (χ2n) is 1.70. The van der Waals surface area contributed by atoms with Crippen LogP contribution in [0.3, 0.4) is 0 Å². The van der Waals surface area contributed by atoms with Gasteiger partial charge in [0.1, 0.15) is 0 Å². The van der Waals surface area contributed by atoms with Crippen LogP contribution in [0.1, 0.15) is 13.8 Å².